The van der Waals surface area contributed by atoms with E-state index < -0.39 is 0 Å². The molecule has 0 saturated carbocycles. The average molecular weight is 263 g/mol. The number of hydrogen-bond acceptors (Lipinski definition) is 1. The molecule has 0 aromatic rings. The fraction of sp³-hybridized carbons (Fsp3) is 1.00. The van der Waals surface area contributed by atoms with Crippen LogP contribution in [-0.2, 0) is 38.8 Å². The monoisotopic (exact) mass is 264 g/mol. The molecule has 0 saturated heterocycles. The van der Waals surface area contributed by atoms with Crippen molar-refractivity contribution in [3.63, 3.8) is 0 Å². The quantitative estimate of drug-likeness (QED) is 0.459. The SMILES string of the molecule is C[S-].[CH3][Hg+]. The summed E-state index contributed by atoms with van der Waals surface area (Å²) < 4.78 is 2.19. The van der Waals surface area contributed by atoms with Gasteiger partial charge in [0.05, 0.1) is 0 Å². The van der Waals surface area contributed by atoms with Crippen molar-refractivity contribution in [3.05, 3.63) is 0 Å². The molecular formula is C2H6HgS. The summed E-state index contributed by atoms with van der Waals surface area (Å²) in [5.41, 5.74) is 0. The summed E-state index contributed by atoms with van der Waals surface area (Å²) in [4.78, 5) is 0. The summed E-state index contributed by atoms with van der Waals surface area (Å²) in [5.74, 6) is 0. The fourth-order valence-electron chi connectivity index (χ4n) is 0. The first-order chi connectivity index (χ1) is 2.00. The Hall–Kier alpha value is 1.29. The van der Waals surface area contributed by atoms with Crippen molar-refractivity contribution >= 4 is 12.6 Å². The van der Waals surface area contributed by atoms with Crippen molar-refractivity contribution in [3.8, 4) is 0 Å². The number of hydrogen-bond donors (Lipinski definition) is 0. The van der Waals surface area contributed by atoms with Gasteiger partial charge in [0.1, 0.15) is 0 Å². The van der Waals surface area contributed by atoms with Crippen molar-refractivity contribution in [2.75, 3.05) is 6.26 Å². The molecule has 0 unspecified atom stereocenters. The van der Waals surface area contributed by atoms with Crippen LogP contribution in [0.4, 0.5) is 0 Å². The molecule has 0 nitrogen and oxygen atoms in total. The molecule has 0 fully saturated rings. The van der Waals surface area contributed by atoms with E-state index in [1.165, 1.54) is 0 Å². The molecule has 0 spiro atoms. The maximum atomic E-state index is 4.08. The molecule has 4 heavy (non-hydrogen) atoms. The molecule has 0 aliphatic heterocycles. The van der Waals surface area contributed by atoms with Crippen LogP contribution in [0.5, 0.6) is 0 Å². The zero-order chi connectivity index (χ0) is 4.00. The molecule has 0 rings (SSSR count). The predicted molar refractivity (Wildman–Crippen MR) is 19.2 cm³/mol. The molecular weight excluding hydrogens is 257 g/mol. The van der Waals surface area contributed by atoms with Gasteiger partial charge in [-0.15, -0.1) is 0 Å². The Morgan fingerprint density at radius 2 is 1.25 bits per heavy atom. The summed E-state index contributed by atoms with van der Waals surface area (Å²) in [5, 5.41) is 0. The second-order valence-corrected chi connectivity index (χ2v) is 0. The minimum atomic E-state index is 1.03. The van der Waals surface area contributed by atoms with E-state index in [0.29, 0.717) is 0 Å². The van der Waals surface area contributed by atoms with Gasteiger partial charge in [-0.1, -0.05) is 0 Å². The third-order valence-electron chi connectivity index (χ3n) is 0. The first-order valence-electron chi connectivity index (χ1n) is 1.12. The van der Waals surface area contributed by atoms with Crippen LogP contribution in [0.15, 0.2) is 0 Å². The summed E-state index contributed by atoms with van der Waals surface area (Å²) >= 11 is 5.11. The zero-order valence-electron chi connectivity index (χ0n) is 3.12. The third-order valence-corrected chi connectivity index (χ3v) is 0. The van der Waals surface area contributed by atoms with Gasteiger partial charge in [0, 0.05) is 0 Å². The van der Waals surface area contributed by atoms with E-state index in [4.69, 9.17) is 0 Å². The van der Waals surface area contributed by atoms with E-state index >= 15 is 0 Å². The molecule has 0 atom stereocenters. The van der Waals surface area contributed by atoms with Gasteiger partial charge in [-0.05, 0) is 0 Å². The Morgan fingerprint density at radius 1 is 1.25 bits per heavy atom. The van der Waals surface area contributed by atoms with Crippen LogP contribution in [0.2, 0.25) is 4.43 Å². The van der Waals surface area contributed by atoms with Crippen LogP contribution >= 0.6 is 0 Å². The topological polar surface area (TPSA) is 0 Å². The van der Waals surface area contributed by atoms with Crippen molar-refractivity contribution in [1.29, 1.82) is 0 Å². The van der Waals surface area contributed by atoms with E-state index in [1.807, 2.05) is 0 Å². The molecule has 0 heterocycles. The van der Waals surface area contributed by atoms with Crippen LogP contribution in [0, 0.1) is 0 Å². The van der Waals surface area contributed by atoms with Gasteiger partial charge in [0.15, 0.2) is 0 Å². The summed E-state index contributed by atoms with van der Waals surface area (Å²) in [7, 11) is 0. The van der Waals surface area contributed by atoms with Crippen LogP contribution in [0.3, 0.4) is 0 Å². The average Bonchev–Trinajstić information content (AvgIpc) is 1.50. The summed E-state index contributed by atoms with van der Waals surface area (Å²) in [6, 6.07) is 0. The molecule has 0 aromatic heterocycles. The van der Waals surface area contributed by atoms with Crippen LogP contribution in [0.1, 0.15) is 0 Å². The Kier molecular flexibility index (Phi) is 63.0. The van der Waals surface area contributed by atoms with E-state index in [0.717, 1.165) is 26.1 Å². The van der Waals surface area contributed by atoms with Gasteiger partial charge >= 0.3 is 30.6 Å². The molecule has 22 valence electrons. The van der Waals surface area contributed by atoms with Gasteiger partial charge in [0.2, 0.25) is 0 Å². The maximum absolute atomic E-state index is 4.08. The van der Waals surface area contributed by atoms with Crippen molar-refractivity contribution in [2.24, 2.45) is 0 Å². The van der Waals surface area contributed by atoms with Crippen molar-refractivity contribution < 1.29 is 26.1 Å². The molecule has 0 aliphatic carbocycles. The Morgan fingerprint density at radius 3 is 1.25 bits per heavy atom. The van der Waals surface area contributed by atoms with Gasteiger partial charge in [-0.2, -0.15) is 6.26 Å². The summed E-state index contributed by atoms with van der Waals surface area (Å²) in [6.07, 6.45) is 1.58. The van der Waals surface area contributed by atoms with Crippen molar-refractivity contribution in [1.82, 2.24) is 0 Å². The molecule has 0 bridgehead atoms. The Bertz CT molecular complexity index is 6.00. The van der Waals surface area contributed by atoms with E-state index in [1.54, 1.807) is 6.26 Å². The van der Waals surface area contributed by atoms with Gasteiger partial charge in [-0.25, -0.2) is 0 Å². The van der Waals surface area contributed by atoms with E-state index in [9.17, 15) is 0 Å². The fourth-order valence-corrected chi connectivity index (χ4v) is 0. The molecule has 0 aromatic carbocycles. The minimum absolute atomic E-state index is 1.03. The standard InChI is InChI=1S/CH4S.CH3.Hg/c1-2;;/h2H,1H3;1H3;/q;;+1/p-1. The second kappa shape index (κ2) is 28.0. The normalized spacial score (nSPS) is 3.25. The van der Waals surface area contributed by atoms with Crippen LogP contribution in [0.25, 0.3) is 0 Å². The second-order valence-electron chi connectivity index (χ2n) is 0. The molecule has 2 heteroatoms. The molecule has 0 radical (unpaired) electrons. The first kappa shape index (κ1) is 8.99. The Labute approximate surface area is 49.4 Å². The van der Waals surface area contributed by atoms with E-state index in [-0.39, 0.29) is 0 Å². The summed E-state index contributed by atoms with van der Waals surface area (Å²) in [6.45, 7) is 0. The van der Waals surface area contributed by atoms with Gasteiger partial charge in [-0.3, -0.25) is 0 Å². The Balaban J connectivity index is 0. The third kappa shape index (κ3) is 10.4. The van der Waals surface area contributed by atoms with E-state index in [2.05, 4.69) is 17.1 Å². The van der Waals surface area contributed by atoms with Crippen molar-refractivity contribution in [2.45, 2.75) is 4.43 Å². The molecule has 0 amide bonds. The first-order valence-corrected chi connectivity index (χ1v) is 7.43. The molecule has 0 N–H and O–H groups in total. The molecule has 0 aliphatic rings. The van der Waals surface area contributed by atoms with Crippen LogP contribution < -0.4 is 0 Å². The van der Waals surface area contributed by atoms with Crippen LogP contribution in [-0.4, -0.2) is 6.26 Å². The van der Waals surface area contributed by atoms with Gasteiger partial charge < -0.3 is 12.6 Å². The zero-order valence-corrected chi connectivity index (χ0v) is 9.43. The predicted octanol–water partition coefficient (Wildman–Crippen LogP) is 0.744. The van der Waals surface area contributed by atoms with Gasteiger partial charge in [0.25, 0.3) is 0 Å². The number of rotatable bonds is 0.